The zero-order valence-electron chi connectivity index (χ0n) is 11.2. The maximum Gasteiger partial charge on any atom is 3.00 e. The Hall–Kier alpha value is 0.163. The summed E-state index contributed by atoms with van der Waals surface area (Å²) in [5.74, 6) is 0. The molecule has 0 fully saturated rings. The Kier molecular flexibility index (Phi) is 9.51. The van der Waals surface area contributed by atoms with Gasteiger partial charge in [-0.3, -0.25) is 0 Å². The van der Waals surface area contributed by atoms with E-state index in [0.717, 1.165) is 6.42 Å². The summed E-state index contributed by atoms with van der Waals surface area (Å²) in [6.45, 7) is 8.71. The first-order chi connectivity index (χ1) is 7.11. The molecule has 0 nitrogen and oxygen atoms in total. The third kappa shape index (κ3) is 3.83. The summed E-state index contributed by atoms with van der Waals surface area (Å²) in [4.78, 5) is 0. The topological polar surface area (TPSA) is 0 Å². The molecule has 0 bridgehead atoms. The van der Waals surface area contributed by atoms with Crippen LogP contribution in [0.4, 0.5) is 0 Å². The van der Waals surface area contributed by atoms with Crippen LogP contribution in [-0.4, -0.2) is 0 Å². The SMILES string of the molecule is CC(C)=C1[C-]=C(C2=CC=CC2)C(C)=C1C.[Cl-].[Cl-].[Zr+3]. The van der Waals surface area contributed by atoms with Gasteiger partial charge in [0.1, 0.15) is 0 Å². The van der Waals surface area contributed by atoms with Gasteiger partial charge in [-0.2, -0.15) is 0 Å². The molecule has 2 rings (SSSR count). The van der Waals surface area contributed by atoms with Gasteiger partial charge >= 0.3 is 26.2 Å². The van der Waals surface area contributed by atoms with Crippen LogP contribution in [-0.2, 0) is 26.2 Å². The summed E-state index contributed by atoms with van der Waals surface area (Å²) in [6.07, 6.45) is 11.1. The van der Waals surface area contributed by atoms with Gasteiger partial charge < -0.3 is 24.8 Å². The molecule has 0 heterocycles. The van der Waals surface area contributed by atoms with E-state index >= 15 is 0 Å². The van der Waals surface area contributed by atoms with Crippen molar-refractivity contribution < 1.29 is 51.0 Å². The second kappa shape index (κ2) is 8.36. The average molecular weight is 359 g/mol. The third-order valence-electron chi connectivity index (χ3n) is 3.15. The molecule has 0 aliphatic heterocycles. The number of hydrogen-bond acceptors (Lipinski definition) is 0. The number of hydrogen-bond donors (Lipinski definition) is 0. The van der Waals surface area contributed by atoms with Gasteiger partial charge in [-0.1, -0.05) is 45.9 Å². The second-order valence-electron chi connectivity index (χ2n) is 4.45. The number of halogens is 2. The van der Waals surface area contributed by atoms with E-state index in [-0.39, 0.29) is 51.0 Å². The molecule has 0 saturated carbocycles. The maximum atomic E-state index is 3.55. The van der Waals surface area contributed by atoms with Crippen LogP contribution in [0.25, 0.3) is 0 Å². The fraction of sp³-hybridized carbons (Fsp3) is 0.333. The van der Waals surface area contributed by atoms with Crippen LogP contribution in [0.3, 0.4) is 0 Å². The van der Waals surface area contributed by atoms with E-state index in [4.69, 9.17) is 0 Å². The first kappa shape index (κ1) is 20.5. The molecule has 2 aliphatic carbocycles. The predicted molar refractivity (Wildman–Crippen MR) is 65.3 cm³/mol. The van der Waals surface area contributed by atoms with Gasteiger partial charge in [0.25, 0.3) is 0 Å². The standard InChI is InChI=1S/C15H17.2ClH.Zr/c1-10(2)14-9-15(12(4)11(14)3)13-7-5-6-8-13;;;/h5-7H,8H2,1-4H3;2*1H;/q-1;;;+3/p-2. The molecular formula is C15H17Cl2Zr. The van der Waals surface area contributed by atoms with Gasteiger partial charge in [0, 0.05) is 0 Å². The van der Waals surface area contributed by atoms with E-state index in [1.165, 1.54) is 33.4 Å². The van der Waals surface area contributed by atoms with Crippen LogP contribution in [0, 0.1) is 6.08 Å². The van der Waals surface area contributed by atoms with E-state index in [9.17, 15) is 0 Å². The van der Waals surface area contributed by atoms with Gasteiger partial charge in [-0.15, -0.1) is 39.5 Å². The van der Waals surface area contributed by atoms with Gasteiger partial charge in [0.05, 0.1) is 0 Å². The van der Waals surface area contributed by atoms with Crippen LogP contribution in [0.1, 0.15) is 34.1 Å². The van der Waals surface area contributed by atoms with Crippen molar-refractivity contribution >= 4 is 0 Å². The number of rotatable bonds is 1. The van der Waals surface area contributed by atoms with Crippen LogP contribution in [0.15, 0.2) is 51.7 Å². The maximum absolute atomic E-state index is 3.55. The Balaban J connectivity index is 0. The minimum absolute atomic E-state index is 0. The van der Waals surface area contributed by atoms with Crippen molar-refractivity contribution in [3.8, 4) is 0 Å². The Bertz CT molecular complexity index is 459. The molecule has 0 amide bonds. The first-order valence-corrected chi connectivity index (χ1v) is 5.47. The van der Waals surface area contributed by atoms with Gasteiger partial charge in [0.15, 0.2) is 0 Å². The zero-order chi connectivity index (χ0) is 11.0. The summed E-state index contributed by atoms with van der Waals surface area (Å²) >= 11 is 0. The molecule has 0 aromatic rings. The van der Waals surface area contributed by atoms with E-state index < -0.39 is 0 Å². The normalized spacial score (nSPS) is 16.6. The monoisotopic (exact) mass is 357 g/mol. The molecule has 2 aliphatic rings. The molecule has 0 aromatic carbocycles. The van der Waals surface area contributed by atoms with Crippen LogP contribution in [0.5, 0.6) is 0 Å². The summed E-state index contributed by atoms with van der Waals surface area (Å²) in [5.41, 5.74) is 8.15. The minimum atomic E-state index is 0. The summed E-state index contributed by atoms with van der Waals surface area (Å²) in [5, 5.41) is 0. The van der Waals surface area contributed by atoms with Crippen molar-refractivity contribution in [1.82, 2.24) is 0 Å². The van der Waals surface area contributed by atoms with Crippen LogP contribution >= 0.6 is 0 Å². The average Bonchev–Trinajstić information content (AvgIpc) is 2.77. The van der Waals surface area contributed by atoms with Crippen LogP contribution < -0.4 is 24.8 Å². The van der Waals surface area contributed by atoms with Crippen molar-refractivity contribution in [3.63, 3.8) is 0 Å². The van der Waals surface area contributed by atoms with Crippen molar-refractivity contribution in [2.24, 2.45) is 0 Å². The summed E-state index contributed by atoms with van der Waals surface area (Å²) in [6, 6.07) is 0. The Morgan fingerprint density at radius 2 is 1.72 bits per heavy atom. The largest absolute Gasteiger partial charge is 3.00 e. The van der Waals surface area contributed by atoms with Crippen molar-refractivity contribution in [2.75, 3.05) is 0 Å². The first-order valence-electron chi connectivity index (χ1n) is 5.47. The molecule has 0 spiro atoms. The van der Waals surface area contributed by atoms with Crippen molar-refractivity contribution in [1.29, 1.82) is 0 Å². The van der Waals surface area contributed by atoms with Crippen LogP contribution in [0.2, 0.25) is 0 Å². The van der Waals surface area contributed by atoms with Gasteiger partial charge in [0.2, 0.25) is 0 Å². The summed E-state index contributed by atoms with van der Waals surface area (Å²) in [7, 11) is 0. The fourth-order valence-corrected chi connectivity index (χ4v) is 2.14. The molecule has 0 N–H and O–H groups in total. The Morgan fingerprint density at radius 3 is 2.11 bits per heavy atom. The minimum Gasteiger partial charge on any atom is -1.00 e. The number of allylic oxidation sites excluding steroid dienone is 10. The molecule has 0 unspecified atom stereocenters. The van der Waals surface area contributed by atoms with E-state index in [1.54, 1.807) is 0 Å². The Morgan fingerprint density at radius 1 is 1.11 bits per heavy atom. The molecule has 0 saturated heterocycles. The van der Waals surface area contributed by atoms with Gasteiger partial charge in [-0.05, 0) is 6.42 Å². The Labute approximate surface area is 142 Å². The molecule has 3 heteroatoms. The second-order valence-corrected chi connectivity index (χ2v) is 4.45. The molecule has 0 aromatic heterocycles. The molecular weight excluding hydrogens is 342 g/mol. The summed E-state index contributed by atoms with van der Waals surface area (Å²) < 4.78 is 0. The van der Waals surface area contributed by atoms with E-state index in [1.807, 2.05) is 0 Å². The van der Waals surface area contributed by atoms with Crippen molar-refractivity contribution in [2.45, 2.75) is 34.1 Å². The van der Waals surface area contributed by atoms with E-state index in [2.05, 4.69) is 52.0 Å². The molecule has 1 radical (unpaired) electrons. The van der Waals surface area contributed by atoms with Crippen molar-refractivity contribution in [3.05, 3.63) is 57.7 Å². The third-order valence-corrected chi connectivity index (χ3v) is 3.15. The predicted octanol–water partition coefficient (Wildman–Crippen LogP) is -1.71. The molecule has 95 valence electrons. The van der Waals surface area contributed by atoms with Gasteiger partial charge in [-0.25, -0.2) is 0 Å². The quantitative estimate of drug-likeness (QED) is 0.490. The fourth-order valence-electron chi connectivity index (χ4n) is 2.14. The van der Waals surface area contributed by atoms with E-state index in [0.29, 0.717) is 0 Å². The smallest absolute Gasteiger partial charge is 1.00 e. The molecule has 18 heavy (non-hydrogen) atoms. The zero-order valence-corrected chi connectivity index (χ0v) is 15.2. The molecule has 0 atom stereocenters.